The SMILES string of the molecule is CC(=O)N[C@@H]1[C@@H](O[C@H]2O[C@H](C)[C@H](O)[C@H](O)[C@H]2O)[C@H](O[C@@H]2O[C@H](CO)[C@@H](O[C@@H]3O[C@H](CO[C@H]4O[C@H](CO)[C@@H](O)[C@H](O)[C@@H]4O[C@@H]4O[C@H](CO)[C@@H](O[C@@H]5O[C@H](CO)[C@H](O)[C@H](O)[C@H]5O)[C@H](O)[C@H]4NC(C)=O)[C@@H](O)[C@H](O[C@H]4O[C@H](CO)[C@@H](O)[C@H](O)[C@@H]4O[C@@H]4O[C@H](CO)[C@@H](O)[C@H](O)[C@H]4NC(C)=O)[C@@H]3O)[C@H](O)[C@H]2NC(C)=O)[C@@H](CO)O[C@H]1O. The van der Waals surface area contributed by atoms with Crippen molar-refractivity contribution in [2.45, 2.75) is 311 Å². The fourth-order valence-corrected chi connectivity index (χ4v) is 14.4. The molecule has 0 radical (unpaired) electrons. The van der Waals surface area contributed by atoms with Gasteiger partial charge in [-0.05, 0) is 6.92 Å². The molecule has 0 bridgehead atoms. The molecule has 45 atom stereocenters. The molecule has 9 saturated heterocycles. The van der Waals surface area contributed by atoms with Crippen molar-refractivity contribution in [3.8, 4) is 0 Å². The van der Waals surface area contributed by atoms with E-state index in [-0.39, 0.29) is 0 Å². The average Bonchev–Trinajstić information content (AvgIpc) is 0.763. The highest BCUT2D eigenvalue weighted by Gasteiger charge is 2.61. The molecule has 0 aromatic rings. The van der Waals surface area contributed by atoms with Gasteiger partial charge in [0, 0.05) is 27.7 Å². The van der Waals surface area contributed by atoms with Crippen molar-refractivity contribution in [1.29, 1.82) is 0 Å². The predicted octanol–water partition coefficient (Wildman–Crippen LogP) is -19.0. The minimum Gasteiger partial charge on any atom is -0.394 e. The molecule has 9 aliphatic rings. The summed E-state index contributed by atoms with van der Waals surface area (Å²) in [6, 6.07) is -7.42. The summed E-state index contributed by atoms with van der Waals surface area (Å²) in [7, 11) is 0. The molecule has 0 aromatic carbocycles. The summed E-state index contributed by atoms with van der Waals surface area (Å²) < 4.78 is 101. The minimum atomic E-state index is -2.56. The third kappa shape index (κ3) is 20.2. The molecule has 0 aromatic heterocycles. The predicted molar refractivity (Wildman–Crippen MR) is 342 cm³/mol. The second kappa shape index (κ2) is 39.7. The van der Waals surface area contributed by atoms with Crippen LogP contribution in [0, 0.1) is 0 Å². The number of amides is 4. The molecular formula is C62H104N4O45. The maximum absolute atomic E-state index is 13.2. The molecule has 9 fully saturated rings. The van der Waals surface area contributed by atoms with E-state index in [2.05, 4.69) is 21.3 Å². The smallest absolute Gasteiger partial charge is 0.217 e. The lowest BCUT2D eigenvalue weighted by molar-refractivity contribution is -0.397. The van der Waals surface area contributed by atoms with Crippen molar-refractivity contribution >= 4 is 23.6 Å². The van der Waals surface area contributed by atoms with Crippen molar-refractivity contribution in [3.63, 3.8) is 0 Å². The fraction of sp³-hybridized carbons (Fsp3) is 0.935. The number of carbonyl (C=O) groups excluding carboxylic acids is 4. The molecule has 9 aliphatic heterocycles. The maximum Gasteiger partial charge on any atom is 0.217 e. The highest BCUT2D eigenvalue weighted by Crippen LogP contribution is 2.40. The van der Waals surface area contributed by atoms with Crippen molar-refractivity contribution in [3.05, 3.63) is 0 Å². The molecule has 49 heteroatoms. The van der Waals surface area contributed by atoms with Gasteiger partial charge in [0.2, 0.25) is 23.6 Å². The minimum absolute atomic E-state index is 0.844. The van der Waals surface area contributed by atoms with E-state index in [1.54, 1.807) is 0 Å². The normalized spacial score (nSPS) is 49.3. The number of nitrogens with one attached hydrogen (secondary N) is 4. The van der Waals surface area contributed by atoms with Crippen LogP contribution in [0.1, 0.15) is 34.6 Å². The summed E-state index contributed by atoms with van der Waals surface area (Å²) in [4.78, 5) is 51.3. The Bertz CT molecular complexity index is 2950. The van der Waals surface area contributed by atoms with Crippen LogP contribution in [0.25, 0.3) is 0 Å². The lowest BCUT2D eigenvalue weighted by Crippen LogP contribution is -2.71. The summed E-state index contributed by atoms with van der Waals surface area (Å²) in [6.07, 6.45) is -83.8. The van der Waals surface area contributed by atoms with Crippen molar-refractivity contribution in [2.75, 3.05) is 52.9 Å². The topological polar surface area (TPSA) is 759 Å². The highest BCUT2D eigenvalue weighted by molar-refractivity contribution is 5.74. The zero-order chi connectivity index (χ0) is 81.8. The number of hydrogen-bond acceptors (Lipinski definition) is 45. The zero-order valence-corrected chi connectivity index (χ0v) is 59.9. The number of ether oxygens (including phenoxy) is 17. The highest BCUT2D eigenvalue weighted by atomic mass is 16.8. The van der Waals surface area contributed by atoms with E-state index in [0.29, 0.717) is 0 Å². The molecule has 0 unspecified atom stereocenters. The van der Waals surface area contributed by atoms with Gasteiger partial charge in [-0.1, -0.05) is 0 Å². The number of aliphatic hydroxyl groups excluding tert-OH is 24. The van der Waals surface area contributed by atoms with Gasteiger partial charge in [-0.3, -0.25) is 19.2 Å². The second-order valence-corrected chi connectivity index (χ2v) is 28.1. The zero-order valence-electron chi connectivity index (χ0n) is 59.9. The van der Waals surface area contributed by atoms with Crippen LogP contribution in [0.2, 0.25) is 0 Å². The van der Waals surface area contributed by atoms with E-state index in [9.17, 15) is 142 Å². The molecular weight excluding hydrogens is 1520 g/mol. The van der Waals surface area contributed by atoms with Gasteiger partial charge in [-0.2, -0.15) is 0 Å². The van der Waals surface area contributed by atoms with Crippen molar-refractivity contribution in [1.82, 2.24) is 21.3 Å². The van der Waals surface area contributed by atoms with Crippen molar-refractivity contribution < 1.29 is 222 Å². The Morgan fingerprint density at radius 2 is 0.559 bits per heavy atom. The summed E-state index contributed by atoms with van der Waals surface area (Å²) in [5.41, 5.74) is 0. The van der Waals surface area contributed by atoms with Crippen molar-refractivity contribution in [2.24, 2.45) is 0 Å². The molecule has 0 aliphatic carbocycles. The molecule has 4 amide bonds. The molecule has 642 valence electrons. The van der Waals surface area contributed by atoms with Gasteiger partial charge in [0.05, 0.1) is 59.0 Å². The first-order chi connectivity index (χ1) is 52.5. The van der Waals surface area contributed by atoms with E-state index >= 15 is 0 Å². The molecule has 111 heavy (non-hydrogen) atoms. The quantitative estimate of drug-likeness (QED) is 0.0346. The number of aliphatic hydroxyl groups is 24. The van der Waals surface area contributed by atoms with Gasteiger partial charge in [0.25, 0.3) is 0 Å². The van der Waals surface area contributed by atoms with E-state index in [4.69, 9.17) is 80.5 Å². The maximum atomic E-state index is 13.2. The Hall–Kier alpha value is -3.76. The Labute approximate surface area is 629 Å². The van der Waals surface area contributed by atoms with E-state index in [1.165, 1.54) is 6.92 Å². The third-order valence-electron chi connectivity index (χ3n) is 20.3. The lowest BCUT2D eigenvalue weighted by atomic mass is 9.93. The van der Waals surface area contributed by atoms with Crippen LogP contribution in [-0.2, 0) is 99.7 Å². The van der Waals surface area contributed by atoms with Gasteiger partial charge in [0.15, 0.2) is 56.6 Å². The first-order valence-electron chi connectivity index (χ1n) is 35.5. The summed E-state index contributed by atoms with van der Waals surface area (Å²) >= 11 is 0. The van der Waals surface area contributed by atoms with Crippen LogP contribution < -0.4 is 21.3 Å². The van der Waals surface area contributed by atoms with Gasteiger partial charge in [0.1, 0.15) is 213 Å². The monoisotopic (exact) mass is 1620 g/mol. The molecule has 9 rings (SSSR count). The third-order valence-corrected chi connectivity index (χ3v) is 20.3. The first-order valence-corrected chi connectivity index (χ1v) is 35.5. The van der Waals surface area contributed by atoms with E-state index < -0.39 is 353 Å². The van der Waals surface area contributed by atoms with Crippen LogP contribution in [-0.4, -0.2) is 475 Å². The molecule has 0 saturated carbocycles. The van der Waals surface area contributed by atoms with Gasteiger partial charge < -0.3 is 224 Å². The second-order valence-electron chi connectivity index (χ2n) is 28.1. The Balaban J connectivity index is 1.06. The average molecular weight is 1630 g/mol. The van der Waals surface area contributed by atoms with Crippen LogP contribution >= 0.6 is 0 Å². The summed E-state index contributed by atoms with van der Waals surface area (Å²) in [5, 5.41) is 276. The van der Waals surface area contributed by atoms with Gasteiger partial charge in [-0.25, -0.2) is 0 Å². The fourth-order valence-electron chi connectivity index (χ4n) is 14.4. The number of hydrogen-bond donors (Lipinski definition) is 28. The largest absolute Gasteiger partial charge is 0.394 e. The Kier molecular flexibility index (Phi) is 32.6. The number of carbonyl (C=O) groups is 4. The molecule has 9 heterocycles. The molecule has 28 N–H and O–H groups in total. The first kappa shape index (κ1) is 91.1. The van der Waals surface area contributed by atoms with E-state index in [0.717, 1.165) is 27.7 Å². The van der Waals surface area contributed by atoms with Crippen LogP contribution in [0.4, 0.5) is 0 Å². The van der Waals surface area contributed by atoms with Gasteiger partial charge >= 0.3 is 0 Å². The molecule has 49 nitrogen and oxygen atoms in total. The number of rotatable bonds is 28. The van der Waals surface area contributed by atoms with Gasteiger partial charge in [-0.15, -0.1) is 0 Å². The molecule has 0 spiro atoms. The lowest BCUT2D eigenvalue weighted by Gasteiger charge is -2.51. The standard InChI is InChI=1S/C62H104N4O45/c1-14-31(78)40(87)44(91)58(96-14)108-50-30(66-18(5)77)54(94)97-25(12-73)49(50)107-56-28(64-16(3)75)38(85)48(24(11-72)102-56)106-60-46(93)51(109-62-53(43(90)35(82)22(9-70)101-62)111-55-27(63-15(2)74)37(84)32(79)19(6-67)98-55)36(83)26(104-60)13-95-61-52(42(89)34(81)21(8-69)100-61)110-57-29(65-17(4)76)39(86)47(23(10-71)103-57)105-59-45(92)41(88)33(80)20(7-68)99-59/h14,19-62,67-73,78-94H,6-13H2,1-5H3,(H,63,74)(H,64,75)(H,65,76)(H,66,77)/t14-,19-,20-,21-,22-,23-,24-,25-,26-,27-,28-,29-,30-,31+,32-,33+,34-,35-,36-,37-,38-,39-,40+,41+,42+,43+,44-,45-,46+,47-,48-,49-,50-,51+,52+,53+,54-,55+,56+,57+,58-,59+,60+,61+,62-/m1/s1. The summed E-state index contributed by atoms with van der Waals surface area (Å²) in [6.45, 7) is -3.66. The van der Waals surface area contributed by atoms with Crippen LogP contribution in [0.15, 0.2) is 0 Å². The Morgan fingerprint density at radius 1 is 0.252 bits per heavy atom. The Morgan fingerprint density at radius 3 is 1.01 bits per heavy atom. The van der Waals surface area contributed by atoms with E-state index in [1.807, 2.05) is 0 Å². The van der Waals surface area contributed by atoms with Crippen LogP contribution in [0.5, 0.6) is 0 Å². The summed E-state index contributed by atoms with van der Waals surface area (Å²) in [5.74, 6) is -3.61. The van der Waals surface area contributed by atoms with Crippen LogP contribution in [0.3, 0.4) is 0 Å².